The van der Waals surface area contributed by atoms with Crippen molar-refractivity contribution in [2.75, 3.05) is 56.2 Å². The minimum absolute atomic E-state index is 0.00251. The Labute approximate surface area is 258 Å². The Hall–Kier alpha value is -3.86. The summed E-state index contributed by atoms with van der Waals surface area (Å²) in [4.78, 5) is 41.0. The molecule has 0 bridgehead atoms. The molecule has 3 aromatic heterocycles. The number of hydrogen-bond acceptors (Lipinski definition) is 8. The van der Waals surface area contributed by atoms with Crippen LogP contribution in [0.5, 0.6) is 5.88 Å². The molecule has 1 atom stereocenters. The molecular weight excluding hydrogens is 591 g/mol. The van der Waals surface area contributed by atoms with E-state index in [0.29, 0.717) is 39.2 Å². The van der Waals surface area contributed by atoms with Crippen molar-refractivity contribution < 1.29 is 14.6 Å². The van der Waals surface area contributed by atoms with E-state index in [1.807, 2.05) is 18.2 Å². The van der Waals surface area contributed by atoms with Gasteiger partial charge in [0.1, 0.15) is 23.0 Å². The molecule has 10 nitrogen and oxygen atoms in total. The van der Waals surface area contributed by atoms with Gasteiger partial charge in [0.25, 0.3) is 0 Å². The van der Waals surface area contributed by atoms with E-state index in [1.165, 1.54) is 6.20 Å². The molecule has 3 aliphatic rings. The molecule has 1 aromatic carbocycles. The van der Waals surface area contributed by atoms with Gasteiger partial charge in [0, 0.05) is 55.9 Å². The zero-order valence-electron chi connectivity index (χ0n) is 23.5. The lowest BCUT2D eigenvalue weighted by molar-refractivity contribution is -0.00279. The Morgan fingerprint density at radius 3 is 2.63 bits per heavy atom. The first-order chi connectivity index (χ1) is 20.7. The number of carbonyl (C=O) groups is 1. The van der Waals surface area contributed by atoms with E-state index in [-0.39, 0.29) is 17.0 Å². The van der Waals surface area contributed by atoms with Gasteiger partial charge >= 0.3 is 5.97 Å². The predicted molar refractivity (Wildman–Crippen MR) is 167 cm³/mol. The second-order valence-corrected chi connectivity index (χ2v) is 12.7. The van der Waals surface area contributed by atoms with E-state index in [2.05, 4.69) is 26.7 Å². The molecule has 3 aliphatic heterocycles. The fraction of sp³-hybridized carbons (Fsp3) is 0.355. The van der Waals surface area contributed by atoms with Crippen LogP contribution in [0.25, 0.3) is 16.6 Å². The molecule has 0 amide bonds. The van der Waals surface area contributed by atoms with Gasteiger partial charge in [0.15, 0.2) is 0 Å². The first kappa shape index (κ1) is 27.9. The van der Waals surface area contributed by atoms with Gasteiger partial charge in [0.05, 0.1) is 34.2 Å². The van der Waals surface area contributed by atoms with E-state index in [4.69, 9.17) is 32.9 Å². The molecule has 43 heavy (non-hydrogen) atoms. The predicted octanol–water partition coefficient (Wildman–Crippen LogP) is 4.59. The average molecular weight is 622 g/mol. The highest BCUT2D eigenvalue weighted by Crippen LogP contribution is 2.41. The number of ether oxygens (including phenoxy) is 1. The Bertz CT molecular complexity index is 1780. The summed E-state index contributed by atoms with van der Waals surface area (Å²) in [5.41, 5.74) is 1.39. The number of aromatic nitrogens is 3. The highest BCUT2D eigenvalue weighted by atomic mass is 35.5. The van der Waals surface area contributed by atoms with Crippen LogP contribution in [0.1, 0.15) is 23.2 Å². The molecule has 3 fully saturated rings. The van der Waals surface area contributed by atoms with Gasteiger partial charge in [-0.2, -0.15) is 0 Å². The van der Waals surface area contributed by atoms with E-state index >= 15 is 0 Å². The average Bonchev–Trinajstić information content (AvgIpc) is 3.42. The third-order valence-corrected chi connectivity index (χ3v) is 9.31. The highest BCUT2D eigenvalue weighted by molar-refractivity contribution is 6.34. The van der Waals surface area contributed by atoms with Crippen LogP contribution in [-0.4, -0.2) is 82.9 Å². The minimum atomic E-state index is -1.30. The molecule has 4 aromatic rings. The Morgan fingerprint density at radius 1 is 1.12 bits per heavy atom. The van der Waals surface area contributed by atoms with E-state index in [1.54, 1.807) is 35.2 Å². The second kappa shape index (κ2) is 10.7. The third-order valence-electron chi connectivity index (χ3n) is 8.72. The fourth-order valence-corrected chi connectivity index (χ4v) is 7.28. The van der Waals surface area contributed by atoms with Crippen molar-refractivity contribution in [3.63, 3.8) is 0 Å². The largest absolute Gasteiger partial charge is 0.477 e. The summed E-state index contributed by atoms with van der Waals surface area (Å²) >= 11 is 13.0. The van der Waals surface area contributed by atoms with Gasteiger partial charge in [0.2, 0.25) is 11.3 Å². The van der Waals surface area contributed by atoms with Crippen LogP contribution in [0.3, 0.4) is 0 Å². The molecule has 0 radical (unpaired) electrons. The quantitative estimate of drug-likeness (QED) is 0.318. The van der Waals surface area contributed by atoms with E-state index in [0.717, 1.165) is 57.1 Å². The van der Waals surface area contributed by atoms with Crippen molar-refractivity contribution in [1.29, 1.82) is 0 Å². The Balaban J connectivity index is 1.23. The lowest BCUT2D eigenvalue weighted by atomic mass is 9.73. The van der Waals surface area contributed by atoms with Crippen molar-refractivity contribution in [3.05, 3.63) is 80.8 Å². The normalized spacial score (nSPS) is 19.5. The smallest absolute Gasteiger partial charge is 0.341 e. The second-order valence-electron chi connectivity index (χ2n) is 11.9. The zero-order chi connectivity index (χ0) is 29.9. The summed E-state index contributed by atoms with van der Waals surface area (Å²) in [6.07, 6.45) is 6.54. The number of benzene rings is 1. The number of halogens is 2. The lowest BCUT2D eigenvalue weighted by Crippen LogP contribution is -2.71. The molecule has 12 heteroatoms. The molecule has 0 saturated carbocycles. The van der Waals surface area contributed by atoms with E-state index < -0.39 is 11.4 Å². The fourth-order valence-electron chi connectivity index (χ4n) is 6.83. The van der Waals surface area contributed by atoms with Gasteiger partial charge < -0.3 is 29.1 Å². The summed E-state index contributed by atoms with van der Waals surface area (Å²) < 4.78 is 7.68. The number of aromatic carboxylic acids is 1. The standard InChI is InChI=1S/C31H30Cl2N6O4/c1-36-15-31(16-36)17-37(18-31)27-7-6-19(12-35-27)39-13-22(30(41)42)28(40)21-10-24(33)26(11-25(21)39)38-9-3-4-20(38)14-43-29-23(32)5-2-8-34-29/h2,5-8,10-13,20H,3-4,9,14-18H2,1H3,(H,41,42). The van der Waals surface area contributed by atoms with Crippen molar-refractivity contribution >= 4 is 51.6 Å². The lowest BCUT2D eigenvalue weighted by Gasteiger charge is -2.59. The van der Waals surface area contributed by atoms with E-state index in [9.17, 15) is 14.7 Å². The number of carboxylic acids is 1. The Kier molecular flexibility index (Phi) is 6.95. The summed E-state index contributed by atoms with van der Waals surface area (Å²) in [5.74, 6) is -0.0453. The first-order valence-electron chi connectivity index (χ1n) is 14.2. The number of carboxylic acid groups (broad SMARTS) is 1. The molecule has 7 rings (SSSR count). The molecule has 1 spiro atoms. The first-order valence-corrected chi connectivity index (χ1v) is 15.0. The van der Waals surface area contributed by atoms with Crippen LogP contribution in [0.2, 0.25) is 10.0 Å². The van der Waals surface area contributed by atoms with Crippen LogP contribution < -0.4 is 20.0 Å². The van der Waals surface area contributed by atoms with Crippen LogP contribution in [-0.2, 0) is 0 Å². The maximum Gasteiger partial charge on any atom is 0.341 e. The minimum Gasteiger partial charge on any atom is -0.477 e. The van der Waals surface area contributed by atoms with Gasteiger partial charge in [-0.05, 0) is 56.3 Å². The summed E-state index contributed by atoms with van der Waals surface area (Å²) in [7, 11) is 2.13. The summed E-state index contributed by atoms with van der Waals surface area (Å²) in [6, 6.07) is 10.8. The van der Waals surface area contributed by atoms with Crippen molar-refractivity contribution in [2.24, 2.45) is 5.41 Å². The van der Waals surface area contributed by atoms with Crippen LogP contribution in [0.4, 0.5) is 11.5 Å². The van der Waals surface area contributed by atoms with Crippen LogP contribution in [0.15, 0.2) is 59.8 Å². The van der Waals surface area contributed by atoms with Crippen molar-refractivity contribution in [3.8, 4) is 11.6 Å². The number of fused-ring (bicyclic) bond motifs is 1. The molecule has 0 aliphatic carbocycles. The monoisotopic (exact) mass is 620 g/mol. The molecular formula is C31H30Cl2N6O4. The number of rotatable bonds is 7. The number of hydrogen-bond donors (Lipinski definition) is 1. The van der Waals surface area contributed by atoms with Gasteiger partial charge in [-0.15, -0.1) is 0 Å². The van der Waals surface area contributed by atoms with Gasteiger partial charge in [-0.3, -0.25) is 4.79 Å². The van der Waals surface area contributed by atoms with Gasteiger partial charge in [-0.1, -0.05) is 23.2 Å². The number of likely N-dealkylation sites (tertiary alicyclic amines) is 1. The topological polar surface area (TPSA) is 104 Å². The van der Waals surface area contributed by atoms with Crippen molar-refractivity contribution in [1.82, 2.24) is 19.4 Å². The summed E-state index contributed by atoms with van der Waals surface area (Å²) in [5, 5.41) is 10.9. The molecule has 1 N–H and O–H groups in total. The number of nitrogens with zero attached hydrogens (tertiary/aromatic N) is 6. The summed E-state index contributed by atoms with van der Waals surface area (Å²) in [6.45, 7) is 5.26. The molecule has 3 saturated heterocycles. The van der Waals surface area contributed by atoms with Crippen molar-refractivity contribution in [2.45, 2.75) is 18.9 Å². The molecule has 222 valence electrons. The third kappa shape index (κ3) is 4.97. The number of anilines is 2. The maximum absolute atomic E-state index is 13.3. The molecule has 1 unspecified atom stereocenters. The Morgan fingerprint density at radius 2 is 1.93 bits per heavy atom. The van der Waals surface area contributed by atoms with Crippen LogP contribution >= 0.6 is 23.2 Å². The van der Waals surface area contributed by atoms with Gasteiger partial charge in [-0.25, -0.2) is 14.8 Å². The number of pyridine rings is 3. The highest BCUT2D eigenvalue weighted by Gasteiger charge is 2.50. The van der Waals surface area contributed by atoms with Crippen LogP contribution in [0, 0.1) is 5.41 Å². The SMILES string of the molecule is CN1CC2(C1)CN(c1ccc(-n3cc(C(=O)O)c(=O)c4cc(Cl)c(N5CCCC5COc5ncccc5Cl)cc43)cn1)C2. The zero-order valence-corrected chi connectivity index (χ0v) is 25.1. The maximum atomic E-state index is 13.3. The molecule has 6 heterocycles.